The number of hydrogen-bond donors (Lipinski definition) is 0. The van der Waals surface area contributed by atoms with Crippen LogP contribution in [0, 0.1) is 12.8 Å². The summed E-state index contributed by atoms with van der Waals surface area (Å²) >= 11 is 1.58. The van der Waals surface area contributed by atoms with Crippen LogP contribution in [0.15, 0.2) is 0 Å². The predicted octanol–water partition coefficient (Wildman–Crippen LogP) is 2.28. The van der Waals surface area contributed by atoms with Gasteiger partial charge >= 0.3 is 0 Å². The molecule has 1 amide bonds. The zero-order chi connectivity index (χ0) is 15.5. The van der Waals surface area contributed by atoms with E-state index >= 15 is 0 Å². The summed E-state index contributed by atoms with van der Waals surface area (Å²) in [5, 5.41) is 1.12. The minimum Gasteiger partial charge on any atom is -0.385 e. The second-order valence-electron chi connectivity index (χ2n) is 6.18. The van der Waals surface area contributed by atoms with Crippen molar-refractivity contribution in [3.63, 3.8) is 0 Å². The van der Waals surface area contributed by atoms with E-state index in [-0.39, 0.29) is 11.9 Å². The van der Waals surface area contributed by atoms with Crippen molar-refractivity contribution in [2.24, 2.45) is 5.92 Å². The SMILES string of the molecule is COCCC1COCCN1C(=O)c1sc(CC2CC2)nc1C. The molecule has 2 fully saturated rings. The maximum Gasteiger partial charge on any atom is 0.266 e. The number of thiazole rings is 1. The molecule has 3 rings (SSSR count). The Morgan fingerprint density at radius 2 is 2.32 bits per heavy atom. The van der Waals surface area contributed by atoms with Gasteiger partial charge in [-0.05, 0) is 32.1 Å². The number of ether oxygens (including phenoxy) is 2. The summed E-state index contributed by atoms with van der Waals surface area (Å²) in [6.07, 6.45) is 4.47. The zero-order valence-corrected chi connectivity index (χ0v) is 14.2. The first-order chi connectivity index (χ1) is 10.7. The molecule has 1 saturated carbocycles. The van der Waals surface area contributed by atoms with Gasteiger partial charge in [0.2, 0.25) is 0 Å². The topological polar surface area (TPSA) is 51.7 Å². The van der Waals surface area contributed by atoms with E-state index in [0.29, 0.717) is 26.4 Å². The molecule has 0 bridgehead atoms. The van der Waals surface area contributed by atoms with E-state index in [2.05, 4.69) is 4.98 Å². The number of hydrogen-bond acceptors (Lipinski definition) is 5. The highest BCUT2D eigenvalue weighted by Crippen LogP contribution is 2.34. The Morgan fingerprint density at radius 1 is 1.50 bits per heavy atom. The molecule has 1 atom stereocenters. The van der Waals surface area contributed by atoms with E-state index in [0.717, 1.165) is 34.3 Å². The highest BCUT2D eigenvalue weighted by molar-refractivity contribution is 7.13. The van der Waals surface area contributed by atoms with Gasteiger partial charge in [0.1, 0.15) is 4.88 Å². The number of aromatic nitrogens is 1. The van der Waals surface area contributed by atoms with Gasteiger partial charge in [0.15, 0.2) is 0 Å². The summed E-state index contributed by atoms with van der Waals surface area (Å²) < 4.78 is 10.7. The fourth-order valence-electron chi connectivity index (χ4n) is 2.85. The molecular weight excluding hydrogens is 300 g/mol. The van der Waals surface area contributed by atoms with Crippen LogP contribution in [0.2, 0.25) is 0 Å². The monoisotopic (exact) mass is 324 g/mol. The van der Waals surface area contributed by atoms with Crippen molar-refractivity contribution in [3.8, 4) is 0 Å². The van der Waals surface area contributed by atoms with Crippen molar-refractivity contribution in [1.82, 2.24) is 9.88 Å². The Kier molecular flexibility index (Phi) is 5.10. The number of carbonyl (C=O) groups is 1. The van der Waals surface area contributed by atoms with Crippen molar-refractivity contribution in [1.29, 1.82) is 0 Å². The van der Waals surface area contributed by atoms with Crippen LogP contribution in [0.1, 0.15) is 39.6 Å². The number of morpholine rings is 1. The lowest BCUT2D eigenvalue weighted by Crippen LogP contribution is -2.49. The van der Waals surface area contributed by atoms with Gasteiger partial charge in [0, 0.05) is 26.7 Å². The number of nitrogens with zero attached hydrogens (tertiary/aromatic N) is 2. The molecule has 2 heterocycles. The number of rotatable bonds is 6. The van der Waals surface area contributed by atoms with Gasteiger partial charge in [0.25, 0.3) is 5.91 Å². The molecule has 122 valence electrons. The Hall–Kier alpha value is -0.980. The Bertz CT molecular complexity index is 527. The molecule has 6 heteroatoms. The number of aryl methyl sites for hydroxylation is 1. The fourth-order valence-corrected chi connectivity index (χ4v) is 3.99. The first kappa shape index (κ1) is 15.9. The van der Waals surface area contributed by atoms with Crippen LogP contribution in [0.4, 0.5) is 0 Å². The minimum absolute atomic E-state index is 0.106. The third-order valence-electron chi connectivity index (χ3n) is 4.34. The molecule has 1 unspecified atom stereocenters. The molecule has 0 spiro atoms. The molecule has 5 nitrogen and oxygen atoms in total. The van der Waals surface area contributed by atoms with Crippen LogP contribution in [0.25, 0.3) is 0 Å². The molecule has 22 heavy (non-hydrogen) atoms. The van der Waals surface area contributed by atoms with E-state index in [1.54, 1.807) is 18.4 Å². The molecule has 1 aromatic rings. The Morgan fingerprint density at radius 3 is 3.05 bits per heavy atom. The van der Waals surface area contributed by atoms with E-state index < -0.39 is 0 Å². The van der Waals surface area contributed by atoms with Crippen molar-refractivity contribution < 1.29 is 14.3 Å². The van der Waals surface area contributed by atoms with E-state index in [1.165, 1.54) is 12.8 Å². The van der Waals surface area contributed by atoms with Crippen LogP contribution in [-0.4, -0.2) is 55.3 Å². The predicted molar refractivity (Wildman–Crippen MR) is 85.4 cm³/mol. The van der Waals surface area contributed by atoms with Gasteiger partial charge in [0.05, 0.1) is 30.0 Å². The summed E-state index contributed by atoms with van der Waals surface area (Å²) in [6, 6.07) is 0.106. The minimum atomic E-state index is 0.106. The number of carbonyl (C=O) groups excluding carboxylic acids is 1. The second kappa shape index (κ2) is 7.06. The van der Waals surface area contributed by atoms with E-state index in [4.69, 9.17) is 9.47 Å². The van der Waals surface area contributed by atoms with Crippen LogP contribution in [0.3, 0.4) is 0 Å². The highest BCUT2D eigenvalue weighted by atomic mass is 32.1. The van der Waals surface area contributed by atoms with Gasteiger partial charge in [-0.1, -0.05) is 0 Å². The normalized spacial score (nSPS) is 22.1. The smallest absolute Gasteiger partial charge is 0.266 e. The van der Waals surface area contributed by atoms with Gasteiger partial charge in [-0.2, -0.15) is 0 Å². The molecule has 0 radical (unpaired) electrons. The molecule has 2 aliphatic rings. The second-order valence-corrected chi connectivity index (χ2v) is 7.26. The third kappa shape index (κ3) is 3.67. The lowest BCUT2D eigenvalue weighted by atomic mass is 10.1. The first-order valence-electron chi connectivity index (χ1n) is 8.03. The van der Waals surface area contributed by atoms with Crippen molar-refractivity contribution in [2.75, 3.05) is 33.5 Å². The van der Waals surface area contributed by atoms with Crippen LogP contribution < -0.4 is 0 Å². The van der Waals surface area contributed by atoms with Gasteiger partial charge in [-0.3, -0.25) is 4.79 Å². The van der Waals surface area contributed by atoms with E-state index in [9.17, 15) is 4.79 Å². The van der Waals surface area contributed by atoms with Crippen molar-refractivity contribution in [3.05, 3.63) is 15.6 Å². The van der Waals surface area contributed by atoms with Crippen LogP contribution >= 0.6 is 11.3 Å². The lowest BCUT2D eigenvalue weighted by Gasteiger charge is -2.35. The highest BCUT2D eigenvalue weighted by Gasteiger charge is 2.31. The molecule has 0 aromatic carbocycles. The molecule has 1 saturated heterocycles. The van der Waals surface area contributed by atoms with Crippen molar-refractivity contribution >= 4 is 17.2 Å². The number of amides is 1. The maximum absolute atomic E-state index is 12.9. The van der Waals surface area contributed by atoms with E-state index in [1.807, 2.05) is 11.8 Å². The summed E-state index contributed by atoms with van der Waals surface area (Å²) in [5.74, 6) is 0.910. The first-order valence-corrected chi connectivity index (χ1v) is 8.84. The van der Waals surface area contributed by atoms with Crippen molar-refractivity contribution in [2.45, 2.75) is 38.6 Å². The zero-order valence-electron chi connectivity index (χ0n) is 13.3. The molecule has 1 aromatic heterocycles. The summed E-state index contributed by atoms with van der Waals surface area (Å²) in [5.41, 5.74) is 0.877. The van der Waals surface area contributed by atoms with Crippen LogP contribution in [0.5, 0.6) is 0 Å². The average molecular weight is 324 g/mol. The standard InChI is InChI=1S/C16H24N2O3S/c1-11-15(22-14(17-11)9-12-3-4-12)16(19)18-6-8-21-10-13(18)5-7-20-2/h12-13H,3-10H2,1-2H3. The Balaban J connectivity index is 1.71. The largest absolute Gasteiger partial charge is 0.385 e. The fraction of sp³-hybridized carbons (Fsp3) is 0.750. The van der Waals surface area contributed by atoms with Gasteiger partial charge in [-0.25, -0.2) is 4.98 Å². The molecule has 1 aliphatic carbocycles. The third-order valence-corrected chi connectivity index (χ3v) is 5.51. The summed E-state index contributed by atoms with van der Waals surface area (Å²) in [7, 11) is 1.69. The average Bonchev–Trinajstić information content (AvgIpc) is 3.26. The van der Waals surface area contributed by atoms with Gasteiger partial charge in [-0.15, -0.1) is 11.3 Å². The molecule has 1 aliphatic heterocycles. The summed E-state index contributed by atoms with van der Waals surface area (Å²) in [6.45, 7) is 4.46. The summed E-state index contributed by atoms with van der Waals surface area (Å²) in [4.78, 5) is 20.3. The quantitative estimate of drug-likeness (QED) is 0.805. The molecular formula is C16H24N2O3S. The maximum atomic E-state index is 12.9. The van der Waals surface area contributed by atoms with Gasteiger partial charge < -0.3 is 14.4 Å². The molecule has 0 N–H and O–H groups in total. The number of methoxy groups -OCH3 is 1. The lowest BCUT2D eigenvalue weighted by molar-refractivity contribution is -0.0102. The Labute approximate surface area is 135 Å². The van der Waals surface area contributed by atoms with Crippen LogP contribution in [-0.2, 0) is 15.9 Å².